The summed E-state index contributed by atoms with van der Waals surface area (Å²) in [6.07, 6.45) is -2.21. The van der Waals surface area contributed by atoms with E-state index in [4.69, 9.17) is 0 Å². The van der Waals surface area contributed by atoms with E-state index in [0.717, 1.165) is 4.31 Å². The summed E-state index contributed by atoms with van der Waals surface area (Å²) in [5, 5.41) is 18.9. The van der Waals surface area contributed by atoms with Gasteiger partial charge in [-0.2, -0.15) is 4.31 Å². The van der Waals surface area contributed by atoms with Crippen molar-refractivity contribution >= 4 is 16.0 Å². The number of ether oxygens (including phenoxy) is 1. The summed E-state index contributed by atoms with van der Waals surface area (Å²) in [5.74, 6) is -0.636. The van der Waals surface area contributed by atoms with E-state index in [1.807, 2.05) is 0 Å². The molecule has 8 heteroatoms. The van der Waals surface area contributed by atoms with Crippen LogP contribution in [0.2, 0.25) is 0 Å². The molecule has 1 fully saturated rings. The molecule has 0 saturated carbocycles. The van der Waals surface area contributed by atoms with Crippen LogP contribution in [0.3, 0.4) is 0 Å². The molecule has 1 aromatic rings. The van der Waals surface area contributed by atoms with Crippen LogP contribution in [0.5, 0.6) is 0 Å². The van der Waals surface area contributed by atoms with E-state index in [1.54, 1.807) is 0 Å². The van der Waals surface area contributed by atoms with E-state index in [9.17, 15) is 23.4 Å². The number of sulfonamides is 1. The number of rotatable bonds is 3. The van der Waals surface area contributed by atoms with Crippen molar-refractivity contribution in [1.29, 1.82) is 0 Å². The first-order valence-corrected chi connectivity index (χ1v) is 7.35. The number of benzene rings is 1. The van der Waals surface area contributed by atoms with Crippen LogP contribution in [-0.2, 0) is 14.8 Å². The Bertz CT molecular complexity index is 604. The first-order chi connectivity index (χ1) is 9.36. The average molecular weight is 301 g/mol. The van der Waals surface area contributed by atoms with Gasteiger partial charge >= 0.3 is 5.97 Å². The lowest BCUT2D eigenvalue weighted by Crippen LogP contribution is -2.30. The minimum absolute atomic E-state index is 0.0818. The Hall–Kier alpha value is -1.48. The third-order valence-electron chi connectivity index (χ3n) is 3.12. The lowest BCUT2D eigenvalue weighted by atomic mass is 10.2. The van der Waals surface area contributed by atoms with Gasteiger partial charge in [0, 0.05) is 13.1 Å². The molecular formula is C12H15NO6S. The van der Waals surface area contributed by atoms with Gasteiger partial charge in [-0.1, -0.05) is 6.07 Å². The predicted molar refractivity (Wildman–Crippen MR) is 68.6 cm³/mol. The molecule has 110 valence electrons. The first-order valence-electron chi connectivity index (χ1n) is 5.91. The molecule has 0 spiro atoms. The van der Waals surface area contributed by atoms with Gasteiger partial charge in [-0.25, -0.2) is 13.2 Å². The van der Waals surface area contributed by atoms with Crippen LogP contribution in [0.1, 0.15) is 10.4 Å². The summed E-state index contributed by atoms with van der Waals surface area (Å²) < 4.78 is 30.2. The van der Waals surface area contributed by atoms with Gasteiger partial charge in [-0.3, -0.25) is 0 Å². The maximum atomic E-state index is 12.3. The van der Waals surface area contributed by atoms with E-state index in [0.29, 0.717) is 0 Å². The fourth-order valence-electron chi connectivity index (χ4n) is 1.98. The van der Waals surface area contributed by atoms with Crippen LogP contribution in [0.4, 0.5) is 0 Å². The maximum absolute atomic E-state index is 12.3. The summed E-state index contributed by atoms with van der Waals surface area (Å²) in [7, 11) is -2.66. The second-order valence-corrected chi connectivity index (χ2v) is 6.41. The molecule has 1 aliphatic rings. The molecule has 0 radical (unpaired) electrons. The number of methoxy groups -OCH3 is 1. The molecule has 1 aromatic carbocycles. The summed E-state index contributed by atoms with van der Waals surface area (Å²) in [4.78, 5) is 11.3. The average Bonchev–Trinajstić information content (AvgIpc) is 2.78. The molecule has 7 nitrogen and oxygen atoms in total. The standard InChI is InChI=1S/C12H15NO6S/c1-19-12(16)8-3-2-4-9(5-8)20(17,18)13-6-10(14)11(15)7-13/h2-5,10-11,14-15H,6-7H2,1H3/t10-,11+. The molecule has 1 aliphatic heterocycles. The van der Waals surface area contributed by atoms with Gasteiger partial charge in [0.2, 0.25) is 10.0 Å². The molecule has 0 unspecified atom stereocenters. The monoisotopic (exact) mass is 301 g/mol. The smallest absolute Gasteiger partial charge is 0.337 e. The number of β-amino-alcohol motifs (C(OH)–C–C–N with tert-alkyl or cyclic N) is 2. The van der Waals surface area contributed by atoms with Gasteiger partial charge in [-0.15, -0.1) is 0 Å². The lowest BCUT2D eigenvalue weighted by molar-refractivity contribution is 0.0572. The number of hydrogen-bond acceptors (Lipinski definition) is 6. The summed E-state index contributed by atoms with van der Waals surface area (Å²) in [6.45, 7) is -0.349. The van der Waals surface area contributed by atoms with Gasteiger partial charge in [0.1, 0.15) is 0 Å². The lowest BCUT2D eigenvalue weighted by Gasteiger charge is -2.15. The maximum Gasteiger partial charge on any atom is 0.337 e. The molecule has 20 heavy (non-hydrogen) atoms. The van der Waals surface area contributed by atoms with E-state index in [1.165, 1.54) is 31.4 Å². The Morgan fingerprint density at radius 2 is 1.90 bits per heavy atom. The number of esters is 1. The highest BCUT2D eigenvalue weighted by atomic mass is 32.2. The molecule has 0 aliphatic carbocycles. The van der Waals surface area contributed by atoms with Crippen LogP contribution in [-0.4, -0.2) is 61.3 Å². The van der Waals surface area contributed by atoms with Crippen molar-refractivity contribution in [3.05, 3.63) is 29.8 Å². The van der Waals surface area contributed by atoms with Crippen LogP contribution in [0.25, 0.3) is 0 Å². The Labute approximate surface area is 116 Å². The molecule has 1 saturated heterocycles. The van der Waals surface area contributed by atoms with Crippen molar-refractivity contribution < 1.29 is 28.2 Å². The predicted octanol–water partition coefficient (Wildman–Crippen LogP) is -0.801. The van der Waals surface area contributed by atoms with Gasteiger partial charge in [-0.05, 0) is 18.2 Å². The van der Waals surface area contributed by atoms with Crippen LogP contribution >= 0.6 is 0 Å². The van der Waals surface area contributed by atoms with Gasteiger partial charge in [0.05, 0.1) is 29.8 Å². The number of carbonyl (C=O) groups is 1. The highest BCUT2D eigenvalue weighted by molar-refractivity contribution is 7.89. The molecule has 2 atom stereocenters. The number of nitrogens with zero attached hydrogens (tertiary/aromatic N) is 1. The van der Waals surface area contributed by atoms with Crippen molar-refractivity contribution in [3.8, 4) is 0 Å². The Morgan fingerprint density at radius 1 is 1.30 bits per heavy atom. The van der Waals surface area contributed by atoms with Crippen molar-refractivity contribution in [2.24, 2.45) is 0 Å². The zero-order valence-electron chi connectivity index (χ0n) is 10.8. The normalized spacial score (nSPS) is 23.8. The molecule has 2 rings (SSSR count). The number of aliphatic hydroxyl groups is 2. The topological polar surface area (TPSA) is 104 Å². The highest BCUT2D eigenvalue weighted by Crippen LogP contribution is 2.22. The summed E-state index contributed by atoms with van der Waals surface area (Å²) >= 11 is 0. The number of aliphatic hydroxyl groups excluding tert-OH is 2. The Balaban J connectivity index is 2.33. The number of carbonyl (C=O) groups excluding carboxylic acids is 1. The molecule has 2 N–H and O–H groups in total. The molecule has 0 aromatic heterocycles. The van der Waals surface area contributed by atoms with E-state index in [2.05, 4.69) is 4.74 Å². The first kappa shape index (κ1) is 14.9. The Kier molecular flexibility index (Phi) is 4.09. The fourth-order valence-corrected chi connectivity index (χ4v) is 3.50. The van der Waals surface area contributed by atoms with Crippen molar-refractivity contribution in [1.82, 2.24) is 4.31 Å². The summed E-state index contributed by atoms with van der Waals surface area (Å²) in [5.41, 5.74) is 0.119. The Morgan fingerprint density at radius 3 is 2.45 bits per heavy atom. The second-order valence-electron chi connectivity index (χ2n) is 4.48. The fraction of sp³-hybridized carbons (Fsp3) is 0.417. The highest BCUT2D eigenvalue weighted by Gasteiger charge is 2.37. The zero-order valence-corrected chi connectivity index (χ0v) is 11.6. The van der Waals surface area contributed by atoms with Crippen molar-refractivity contribution in [3.63, 3.8) is 0 Å². The van der Waals surface area contributed by atoms with E-state index >= 15 is 0 Å². The molecule has 1 heterocycles. The summed E-state index contributed by atoms with van der Waals surface area (Å²) in [6, 6.07) is 5.43. The van der Waals surface area contributed by atoms with Crippen LogP contribution in [0.15, 0.2) is 29.2 Å². The number of hydrogen-bond donors (Lipinski definition) is 2. The largest absolute Gasteiger partial charge is 0.465 e. The van der Waals surface area contributed by atoms with Gasteiger partial charge < -0.3 is 14.9 Å². The van der Waals surface area contributed by atoms with Crippen molar-refractivity contribution in [2.45, 2.75) is 17.1 Å². The van der Waals surface area contributed by atoms with E-state index in [-0.39, 0.29) is 23.5 Å². The van der Waals surface area contributed by atoms with Crippen molar-refractivity contribution in [2.75, 3.05) is 20.2 Å². The van der Waals surface area contributed by atoms with Gasteiger partial charge in [0.25, 0.3) is 0 Å². The third-order valence-corrected chi connectivity index (χ3v) is 4.95. The minimum atomic E-state index is -3.86. The second kappa shape index (κ2) is 5.49. The van der Waals surface area contributed by atoms with E-state index < -0.39 is 28.2 Å². The minimum Gasteiger partial charge on any atom is -0.465 e. The van der Waals surface area contributed by atoms with Gasteiger partial charge in [0.15, 0.2) is 0 Å². The quantitative estimate of drug-likeness (QED) is 0.708. The molecule has 0 amide bonds. The SMILES string of the molecule is COC(=O)c1cccc(S(=O)(=O)N2C[C@@H](O)[C@@H](O)C2)c1. The zero-order chi connectivity index (χ0) is 14.9. The third kappa shape index (κ3) is 2.68. The molecule has 0 bridgehead atoms. The van der Waals surface area contributed by atoms with Crippen LogP contribution in [0, 0.1) is 0 Å². The molecular weight excluding hydrogens is 286 g/mol. The van der Waals surface area contributed by atoms with Crippen LogP contribution < -0.4 is 0 Å².